The third-order valence-electron chi connectivity index (χ3n) is 5.47. The van der Waals surface area contributed by atoms with Gasteiger partial charge >= 0.3 is 0 Å². The fraction of sp³-hybridized carbons (Fsp3) is 0.938. The first-order chi connectivity index (χ1) is 9.34. The predicted molar refractivity (Wildman–Crippen MR) is 76.9 cm³/mol. The average Bonchev–Trinajstić information content (AvgIpc) is 3.02. The summed E-state index contributed by atoms with van der Waals surface area (Å²) in [6.07, 6.45) is 11.3. The van der Waals surface area contributed by atoms with Gasteiger partial charge in [-0.25, -0.2) is 0 Å². The Kier molecular flexibility index (Phi) is 4.42. The van der Waals surface area contributed by atoms with E-state index in [2.05, 4.69) is 10.2 Å². The van der Waals surface area contributed by atoms with Gasteiger partial charge in [0.05, 0.1) is 0 Å². The molecule has 3 aliphatic rings. The Morgan fingerprint density at radius 3 is 2.26 bits per heavy atom. The van der Waals surface area contributed by atoms with Crippen molar-refractivity contribution >= 4 is 5.91 Å². The van der Waals surface area contributed by atoms with E-state index < -0.39 is 0 Å². The van der Waals surface area contributed by atoms with Crippen LogP contribution in [0.4, 0.5) is 0 Å². The van der Waals surface area contributed by atoms with Gasteiger partial charge in [-0.15, -0.1) is 0 Å². The van der Waals surface area contributed by atoms with E-state index in [0.717, 1.165) is 37.9 Å². The molecule has 1 N–H and O–H groups in total. The van der Waals surface area contributed by atoms with Gasteiger partial charge in [0.25, 0.3) is 0 Å². The standard InChI is InChI=1S/C16H28N2O/c19-16(14-5-2-1-3-6-14)18-11-8-13(9-12-18)15-7-4-10-17-15/h13-15,17H,1-12H2. The highest BCUT2D eigenvalue weighted by Crippen LogP contribution is 2.29. The molecule has 0 bridgehead atoms. The predicted octanol–water partition coefficient (Wildman–Crippen LogP) is 2.56. The van der Waals surface area contributed by atoms with E-state index in [1.165, 1.54) is 51.5 Å². The van der Waals surface area contributed by atoms with Crippen LogP contribution in [0.15, 0.2) is 0 Å². The van der Waals surface area contributed by atoms with Gasteiger partial charge in [0, 0.05) is 25.0 Å². The first kappa shape index (κ1) is 13.4. The second-order valence-corrected chi connectivity index (χ2v) is 6.70. The molecule has 3 fully saturated rings. The second-order valence-electron chi connectivity index (χ2n) is 6.70. The molecule has 19 heavy (non-hydrogen) atoms. The maximum atomic E-state index is 12.5. The smallest absolute Gasteiger partial charge is 0.225 e. The number of likely N-dealkylation sites (tertiary alicyclic amines) is 1. The van der Waals surface area contributed by atoms with Crippen LogP contribution in [0.2, 0.25) is 0 Å². The van der Waals surface area contributed by atoms with Crippen molar-refractivity contribution in [3.8, 4) is 0 Å². The van der Waals surface area contributed by atoms with Crippen molar-refractivity contribution < 1.29 is 4.79 Å². The maximum Gasteiger partial charge on any atom is 0.225 e. The van der Waals surface area contributed by atoms with Gasteiger partial charge in [0.15, 0.2) is 0 Å². The molecule has 3 nitrogen and oxygen atoms in total. The van der Waals surface area contributed by atoms with Crippen LogP contribution in [-0.2, 0) is 4.79 Å². The lowest BCUT2D eigenvalue weighted by molar-refractivity contribution is -0.138. The number of carbonyl (C=O) groups is 1. The molecule has 2 saturated heterocycles. The van der Waals surface area contributed by atoms with E-state index >= 15 is 0 Å². The monoisotopic (exact) mass is 264 g/mol. The molecule has 0 aromatic rings. The van der Waals surface area contributed by atoms with E-state index in [9.17, 15) is 4.79 Å². The van der Waals surface area contributed by atoms with Crippen molar-refractivity contribution in [1.82, 2.24) is 10.2 Å². The fourth-order valence-electron chi connectivity index (χ4n) is 4.24. The lowest BCUT2D eigenvalue weighted by Crippen LogP contribution is -2.45. The van der Waals surface area contributed by atoms with Crippen molar-refractivity contribution in [2.24, 2.45) is 11.8 Å². The first-order valence-electron chi connectivity index (χ1n) is 8.37. The molecular formula is C16H28N2O. The van der Waals surface area contributed by atoms with E-state index in [-0.39, 0.29) is 0 Å². The minimum absolute atomic E-state index is 0.356. The largest absolute Gasteiger partial charge is 0.342 e. The zero-order valence-corrected chi connectivity index (χ0v) is 12.1. The molecule has 0 aromatic heterocycles. The van der Waals surface area contributed by atoms with Crippen LogP contribution in [0.1, 0.15) is 57.8 Å². The maximum absolute atomic E-state index is 12.5. The number of nitrogens with zero attached hydrogens (tertiary/aromatic N) is 1. The Balaban J connectivity index is 1.47. The number of carbonyl (C=O) groups excluding carboxylic acids is 1. The second kappa shape index (κ2) is 6.25. The van der Waals surface area contributed by atoms with Gasteiger partial charge in [-0.3, -0.25) is 4.79 Å². The zero-order valence-electron chi connectivity index (χ0n) is 12.1. The Bertz CT molecular complexity index is 298. The highest BCUT2D eigenvalue weighted by Gasteiger charge is 2.32. The molecule has 0 spiro atoms. The summed E-state index contributed by atoms with van der Waals surface area (Å²) >= 11 is 0. The van der Waals surface area contributed by atoms with Gasteiger partial charge in [-0.1, -0.05) is 19.3 Å². The molecule has 1 saturated carbocycles. The number of rotatable bonds is 2. The molecule has 1 amide bonds. The topological polar surface area (TPSA) is 32.3 Å². The molecular weight excluding hydrogens is 236 g/mol. The molecule has 0 radical (unpaired) electrons. The van der Waals surface area contributed by atoms with Crippen molar-refractivity contribution in [2.75, 3.05) is 19.6 Å². The van der Waals surface area contributed by atoms with E-state index in [1.54, 1.807) is 0 Å². The van der Waals surface area contributed by atoms with Gasteiger partial charge in [-0.2, -0.15) is 0 Å². The molecule has 108 valence electrons. The summed E-state index contributed by atoms with van der Waals surface area (Å²) in [7, 11) is 0. The Morgan fingerprint density at radius 1 is 0.895 bits per heavy atom. The molecule has 1 atom stereocenters. The summed E-state index contributed by atoms with van der Waals surface area (Å²) in [5.41, 5.74) is 0. The number of hydrogen-bond acceptors (Lipinski definition) is 2. The van der Waals surface area contributed by atoms with Crippen molar-refractivity contribution in [3.05, 3.63) is 0 Å². The number of nitrogens with one attached hydrogen (secondary N) is 1. The summed E-state index contributed by atoms with van der Waals surface area (Å²) in [6, 6.07) is 0.743. The van der Waals surface area contributed by atoms with Gasteiger partial charge in [-0.05, 0) is 51.0 Å². The molecule has 1 unspecified atom stereocenters. The quantitative estimate of drug-likeness (QED) is 0.831. The van der Waals surface area contributed by atoms with Crippen molar-refractivity contribution in [2.45, 2.75) is 63.8 Å². The van der Waals surface area contributed by atoms with Crippen LogP contribution < -0.4 is 5.32 Å². The molecule has 1 aliphatic carbocycles. The highest BCUT2D eigenvalue weighted by atomic mass is 16.2. The summed E-state index contributed by atoms with van der Waals surface area (Å²) in [4.78, 5) is 14.7. The minimum Gasteiger partial charge on any atom is -0.342 e. The first-order valence-corrected chi connectivity index (χ1v) is 8.37. The van der Waals surface area contributed by atoms with Gasteiger partial charge in [0.1, 0.15) is 0 Å². The third-order valence-corrected chi connectivity index (χ3v) is 5.47. The van der Waals surface area contributed by atoms with Crippen molar-refractivity contribution in [3.63, 3.8) is 0 Å². The van der Waals surface area contributed by atoms with Crippen LogP contribution in [-0.4, -0.2) is 36.5 Å². The van der Waals surface area contributed by atoms with E-state index in [1.807, 2.05) is 0 Å². The number of amides is 1. The molecule has 3 heteroatoms. The lowest BCUT2D eigenvalue weighted by atomic mass is 9.85. The van der Waals surface area contributed by atoms with Crippen molar-refractivity contribution in [1.29, 1.82) is 0 Å². The summed E-state index contributed by atoms with van der Waals surface area (Å²) in [5, 5.41) is 3.63. The summed E-state index contributed by atoms with van der Waals surface area (Å²) in [5.74, 6) is 1.64. The van der Waals surface area contributed by atoms with E-state index in [0.29, 0.717) is 11.8 Å². The molecule has 3 rings (SSSR count). The zero-order chi connectivity index (χ0) is 13.1. The van der Waals surface area contributed by atoms with Crippen LogP contribution >= 0.6 is 0 Å². The number of piperidine rings is 1. The van der Waals surface area contributed by atoms with Crippen LogP contribution in [0.25, 0.3) is 0 Å². The van der Waals surface area contributed by atoms with Crippen LogP contribution in [0, 0.1) is 11.8 Å². The minimum atomic E-state index is 0.356. The Morgan fingerprint density at radius 2 is 1.63 bits per heavy atom. The molecule has 2 heterocycles. The van der Waals surface area contributed by atoms with Crippen LogP contribution in [0.5, 0.6) is 0 Å². The average molecular weight is 264 g/mol. The number of hydrogen-bond donors (Lipinski definition) is 1. The van der Waals surface area contributed by atoms with Gasteiger partial charge < -0.3 is 10.2 Å². The third kappa shape index (κ3) is 3.13. The van der Waals surface area contributed by atoms with Gasteiger partial charge in [0.2, 0.25) is 5.91 Å². The molecule has 2 aliphatic heterocycles. The summed E-state index contributed by atoms with van der Waals surface area (Å²) in [6.45, 7) is 3.22. The SMILES string of the molecule is O=C(C1CCCCC1)N1CCC(C2CCCN2)CC1. The van der Waals surface area contributed by atoms with Crippen LogP contribution in [0.3, 0.4) is 0 Å². The normalized spacial score (nSPS) is 30.7. The lowest BCUT2D eigenvalue weighted by Gasteiger charge is -2.37. The fourth-order valence-corrected chi connectivity index (χ4v) is 4.24. The van der Waals surface area contributed by atoms with E-state index in [4.69, 9.17) is 0 Å². The Labute approximate surface area is 117 Å². The Hall–Kier alpha value is -0.570. The molecule has 0 aromatic carbocycles. The highest BCUT2D eigenvalue weighted by molar-refractivity contribution is 5.79. The summed E-state index contributed by atoms with van der Waals surface area (Å²) < 4.78 is 0.